The highest BCUT2D eigenvalue weighted by atomic mass is 16.8. The minimum atomic E-state index is -0.450. The van der Waals surface area contributed by atoms with E-state index in [0.717, 1.165) is 0 Å². The molecule has 0 aromatic rings. The minimum Gasteiger partial charge on any atom is -0.431 e. The number of hydrogen-bond acceptors (Lipinski definition) is 7. The van der Waals surface area contributed by atoms with Gasteiger partial charge in [0.25, 0.3) is 0 Å². The van der Waals surface area contributed by atoms with E-state index in [1.54, 1.807) is 0 Å². The summed E-state index contributed by atoms with van der Waals surface area (Å²) < 4.78 is 27.8. The summed E-state index contributed by atoms with van der Waals surface area (Å²) in [6.07, 6.45) is -0.663. The lowest BCUT2D eigenvalue weighted by atomic mass is 9.84. The van der Waals surface area contributed by atoms with Crippen LogP contribution in [0.3, 0.4) is 0 Å². The van der Waals surface area contributed by atoms with Crippen LogP contribution in [0.2, 0.25) is 0 Å². The molecule has 7 aliphatic rings. The van der Waals surface area contributed by atoms with Crippen molar-refractivity contribution in [3.05, 3.63) is 0 Å². The van der Waals surface area contributed by atoms with E-state index in [9.17, 15) is 9.90 Å². The molecule has 0 saturated carbocycles. The Labute approximate surface area is 146 Å². The van der Waals surface area contributed by atoms with Gasteiger partial charge in [-0.25, -0.2) is 4.79 Å². The van der Waals surface area contributed by atoms with E-state index < -0.39 is 12.4 Å². The second kappa shape index (κ2) is 5.39. The van der Waals surface area contributed by atoms with Crippen molar-refractivity contribution in [2.45, 2.75) is 82.8 Å². The topological polar surface area (TPSA) is 83.5 Å². The van der Waals surface area contributed by atoms with Gasteiger partial charge in [-0.05, 0) is 0 Å². The van der Waals surface area contributed by atoms with Crippen LogP contribution in [0, 0.1) is 23.7 Å². The summed E-state index contributed by atoms with van der Waals surface area (Å²) in [5, 5.41) is 9.74. The van der Waals surface area contributed by atoms with Crippen LogP contribution in [0.5, 0.6) is 0 Å². The maximum absolute atomic E-state index is 11.3. The van der Waals surface area contributed by atoms with Gasteiger partial charge in [-0.2, -0.15) is 0 Å². The molecule has 0 aromatic heterocycles. The first-order chi connectivity index (χ1) is 11.9. The molecule has 0 amide bonds. The van der Waals surface area contributed by atoms with Crippen molar-refractivity contribution in [1.82, 2.24) is 0 Å². The van der Waals surface area contributed by atoms with Gasteiger partial charge in [0.2, 0.25) is 6.29 Å². The number of rotatable bonds is 0. The van der Waals surface area contributed by atoms with Crippen molar-refractivity contribution >= 4 is 5.97 Å². The average Bonchev–Trinajstić information content (AvgIpc) is 3.05. The monoisotopic (exact) mass is 354 g/mol. The lowest BCUT2D eigenvalue weighted by molar-refractivity contribution is -0.225. The van der Waals surface area contributed by atoms with Gasteiger partial charge in [0.1, 0.15) is 18.3 Å². The highest BCUT2D eigenvalue weighted by Gasteiger charge is 2.63. The number of fused-ring (bicyclic) bond motifs is 2. The maximum Gasteiger partial charge on any atom is 0.338 e. The number of aliphatic hydroxyl groups is 1. The Balaban J connectivity index is 0.000000112. The molecule has 7 aliphatic heterocycles. The van der Waals surface area contributed by atoms with Gasteiger partial charge < -0.3 is 28.8 Å². The SMILES string of the molecule is C[C@@H]1[C@@H]2OC3OC(=O)[C@H](O[C@H]31)[C@H]2C.C[C@@H]1[C@@H]2OC3[C@H]1O[C@H]([C@H]2C)[C@H]3O. The summed E-state index contributed by atoms with van der Waals surface area (Å²) in [6.45, 7) is 8.32. The summed E-state index contributed by atoms with van der Waals surface area (Å²) in [5.74, 6) is 1.00. The number of hydrogen-bond donors (Lipinski definition) is 1. The zero-order valence-corrected chi connectivity index (χ0v) is 14.9. The highest BCUT2D eigenvalue weighted by Crippen LogP contribution is 2.49. The van der Waals surface area contributed by atoms with Crippen LogP contribution in [0.25, 0.3) is 0 Å². The number of aliphatic hydroxyl groups excluding tert-OH is 1. The molecule has 7 saturated heterocycles. The van der Waals surface area contributed by atoms with Crippen molar-refractivity contribution in [3.63, 3.8) is 0 Å². The van der Waals surface area contributed by atoms with Crippen molar-refractivity contribution < 1.29 is 33.6 Å². The van der Waals surface area contributed by atoms with Gasteiger partial charge >= 0.3 is 5.97 Å². The summed E-state index contributed by atoms with van der Waals surface area (Å²) in [5.41, 5.74) is 0. The molecular formula is C18H26O7. The quantitative estimate of drug-likeness (QED) is 0.633. The molecular weight excluding hydrogens is 328 g/mol. The molecule has 7 heteroatoms. The lowest BCUT2D eigenvalue weighted by Crippen LogP contribution is -2.53. The Morgan fingerprint density at radius 2 is 1.28 bits per heavy atom. The Kier molecular flexibility index (Phi) is 3.55. The van der Waals surface area contributed by atoms with E-state index in [4.69, 9.17) is 23.7 Å². The van der Waals surface area contributed by atoms with E-state index in [-0.39, 0.29) is 48.5 Å². The molecule has 7 heterocycles. The molecule has 1 N–H and O–H groups in total. The molecule has 2 unspecified atom stereocenters. The normalized spacial score (nSPS) is 62.8. The molecule has 0 aliphatic carbocycles. The van der Waals surface area contributed by atoms with Crippen LogP contribution in [-0.2, 0) is 28.5 Å². The first kappa shape index (κ1) is 16.4. The van der Waals surface area contributed by atoms with E-state index in [0.29, 0.717) is 23.9 Å². The zero-order chi connectivity index (χ0) is 17.6. The third-order valence-electron chi connectivity index (χ3n) is 7.06. The largest absolute Gasteiger partial charge is 0.431 e. The average molecular weight is 354 g/mol. The fraction of sp³-hybridized carbons (Fsp3) is 0.944. The molecule has 7 fully saturated rings. The van der Waals surface area contributed by atoms with Crippen molar-refractivity contribution in [3.8, 4) is 0 Å². The molecule has 7 rings (SSSR count). The lowest BCUT2D eigenvalue weighted by Gasteiger charge is -2.38. The highest BCUT2D eigenvalue weighted by molar-refractivity contribution is 5.76. The van der Waals surface area contributed by atoms with Gasteiger partial charge in [0, 0.05) is 23.7 Å². The third-order valence-corrected chi connectivity index (χ3v) is 7.06. The zero-order valence-electron chi connectivity index (χ0n) is 14.9. The first-order valence-corrected chi connectivity index (χ1v) is 9.39. The second-order valence-corrected chi connectivity index (χ2v) is 8.48. The molecule has 7 nitrogen and oxygen atoms in total. The number of esters is 1. The summed E-state index contributed by atoms with van der Waals surface area (Å²) in [7, 11) is 0. The molecule has 13 atom stereocenters. The third kappa shape index (κ3) is 2.07. The standard InChI is InChI=1S/C9H12O4.C9H14O3/c1-3-5-4(2)7-9(12-5)13-8(10)6(3)11-7;1-3-6-4(2)8-9(11-6)5(10)7(3)12-8/h3-7,9H,1-2H3;3-10H,1-2H3/t3-,4+,5+,6+,7-,9?;3-,4+,5+,6+,7+,8-,9?/m00/s1. The number of carbonyl (C=O) groups excluding carboxylic acids is 1. The Hall–Kier alpha value is -0.730. The fourth-order valence-electron chi connectivity index (χ4n) is 5.61. The van der Waals surface area contributed by atoms with E-state index >= 15 is 0 Å². The van der Waals surface area contributed by atoms with Crippen LogP contribution in [-0.4, -0.2) is 66.2 Å². The summed E-state index contributed by atoms with van der Waals surface area (Å²) >= 11 is 0. The predicted molar refractivity (Wildman–Crippen MR) is 83.4 cm³/mol. The second-order valence-electron chi connectivity index (χ2n) is 8.48. The molecule has 25 heavy (non-hydrogen) atoms. The van der Waals surface area contributed by atoms with Gasteiger partial charge in [-0.1, -0.05) is 27.7 Å². The Morgan fingerprint density at radius 1 is 0.680 bits per heavy atom. The fourth-order valence-corrected chi connectivity index (χ4v) is 5.61. The van der Waals surface area contributed by atoms with Crippen LogP contribution < -0.4 is 0 Å². The van der Waals surface area contributed by atoms with E-state index in [2.05, 4.69) is 20.8 Å². The van der Waals surface area contributed by atoms with Crippen molar-refractivity contribution in [2.24, 2.45) is 23.7 Å². The van der Waals surface area contributed by atoms with Gasteiger partial charge in [-0.15, -0.1) is 0 Å². The van der Waals surface area contributed by atoms with E-state index in [1.165, 1.54) is 0 Å². The smallest absolute Gasteiger partial charge is 0.338 e. The van der Waals surface area contributed by atoms with Gasteiger partial charge in [0.15, 0.2) is 6.10 Å². The first-order valence-electron chi connectivity index (χ1n) is 9.39. The predicted octanol–water partition coefficient (Wildman–Crippen LogP) is 0.476. The van der Waals surface area contributed by atoms with Crippen molar-refractivity contribution in [1.29, 1.82) is 0 Å². The minimum absolute atomic E-state index is 0.0359. The number of carbonyl (C=O) groups is 1. The van der Waals surface area contributed by atoms with Gasteiger partial charge in [0.05, 0.1) is 24.4 Å². The maximum atomic E-state index is 11.3. The molecule has 0 aromatic carbocycles. The summed E-state index contributed by atoms with van der Waals surface area (Å²) in [6, 6.07) is 0. The Morgan fingerprint density at radius 3 is 2.00 bits per heavy atom. The van der Waals surface area contributed by atoms with Crippen LogP contribution in [0.15, 0.2) is 0 Å². The van der Waals surface area contributed by atoms with Crippen LogP contribution >= 0.6 is 0 Å². The van der Waals surface area contributed by atoms with Crippen molar-refractivity contribution in [2.75, 3.05) is 0 Å². The molecule has 0 spiro atoms. The molecule has 0 radical (unpaired) electrons. The van der Waals surface area contributed by atoms with E-state index in [1.807, 2.05) is 6.92 Å². The molecule has 140 valence electrons. The summed E-state index contributed by atoms with van der Waals surface area (Å²) in [4.78, 5) is 11.3. The van der Waals surface area contributed by atoms with Crippen LogP contribution in [0.4, 0.5) is 0 Å². The van der Waals surface area contributed by atoms with Crippen LogP contribution in [0.1, 0.15) is 27.7 Å². The van der Waals surface area contributed by atoms with Gasteiger partial charge in [-0.3, -0.25) is 0 Å². The number of ether oxygens (including phenoxy) is 5. The Bertz CT molecular complexity index is 552. The molecule has 7 bridgehead atoms.